The lowest BCUT2D eigenvalue weighted by atomic mass is 9.84. The maximum Gasteiger partial charge on any atom is 0.220 e. The summed E-state index contributed by atoms with van der Waals surface area (Å²) in [5.41, 5.74) is 6.51. The van der Waals surface area contributed by atoms with Gasteiger partial charge < -0.3 is 15.8 Å². The van der Waals surface area contributed by atoms with E-state index < -0.39 is 0 Å². The Morgan fingerprint density at radius 2 is 1.84 bits per heavy atom. The first-order valence-corrected chi connectivity index (χ1v) is 9.30. The molecule has 1 atom stereocenters. The fraction of sp³-hybridized carbons (Fsp3) is 0.600. The molecule has 5 heteroatoms. The van der Waals surface area contributed by atoms with E-state index in [-0.39, 0.29) is 17.7 Å². The lowest BCUT2D eigenvalue weighted by molar-refractivity contribution is -0.122. The molecule has 0 spiro atoms. The Labute approximate surface area is 150 Å². The maximum absolute atomic E-state index is 12.2. The van der Waals surface area contributed by atoms with Crippen LogP contribution in [-0.4, -0.2) is 31.4 Å². The number of amides is 1. The second kappa shape index (κ2) is 10.2. The third-order valence-corrected chi connectivity index (χ3v) is 5.04. The number of benzene rings is 1. The maximum atomic E-state index is 12.2. The minimum atomic E-state index is 0.00329. The average Bonchev–Trinajstić information content (AvgIpc) is 2.66. The van der Waals surface area contributed by atoms with Gasteiger partial charge in [0.15, 0.2) is 5.78 Å². The Hall–Kier alpha value is -1.88. The third-order valence-electron chi connectivity index (χ3n) is 5.04. The molecule has 1 aliphatic rings. The van der Waals surface area contributed by atoms with Crippen LogP contribution in [0.5, 0.6) is 5.75 Å². The molecule has 0 heterocycles. The lowest BCUT2D eigenvalue weighted by Crippen LogP contribution is -2.45. The number of rotatable bonds is 9. The van der Waals surface area contributed by atoms with E-state index in [0.29, 0.717) is 37.3 Å². The average molecular weight is 346 g/mol. The fourth-order valence-corrected chi connectivity index (χ4v) is 3.52. The van der Waals surface area contributed by atoms with Crippen LogP contribution in [-0.2, 0) is 4.79 Å². The largest absolute Gasteiger partial charge is 0.497 e. The van der Waals surface area contributed by atoms with Crippen molar-refractivity contribution in [2.24, 2.45) is 11.7 Å². The number of Topliss-reactive ketones (excluding diaryl/α,β-unsaturated/α-hetero) is 1. The Morgan fingerprint density at radius 3 is 2.44 bits per heavy atom. The molecule has 1 saturated carbocycles. The molecule has 0 radical (unpaired) electrons. The highest BCUT2D eigenvalue weighted by atomic mass is 16.5. The smallest absolute Gasteiger partial charge is 0.220 e. The molecule has 1 fully saturated rings. The van der Waals surface area contributed by atoms with Crippen LogP contribution in [0.1, 0.15) is 61.7 Å². The van der Waals surface area contributed by atoms with Gasteiger partial charge in [-0.15, -0.1) is 0 Å². The van der Waals surface area contributed by atoms with Gasteiger partial charge in [0.05, 0.1) is 7.11 Å². The highest BCUT2D eigenvalue weighted by Crippen LogP contribution is 2.26. The lowest BCUT2D eigenvalue weighted by Gasteiger charge is -2.30. The van der Waals surface area contributed by atoms with Crippen LogP contribution in [0.2, 0.25) is 0 Å². The number of hydrogen-bond donors (Lipinski definition) is 2. The number of nitrogens with two attached hydrogens (primary N) is 1. The standard InChI is InChI=1S/C20H30N2O3/c1-25-17-12-10-16(11-13-17)19(23)8-5-9-20(24)22-18(14-21)15-6-3-2-4-7-15/h10-13,15,18H,2-9,14,21H2,1H3,(H,22,24). The molecule has 138 valence electrons. The van der Waals surface area contributed by atoms with Crippen molar-refractivity contribution >= 4 is 11.7 Å². The first-order chi connectivity index (χ1) is 12.1. The molecular weight excluding hydrogens is 316 g/mol. The summed E-state index contributed by atoms with van der Waals surface area (Å²) < 4.78 is 5.08. The van der Waals surface area contributed by atoms with Gasteiger partial charge in [0.1, 0.15) is 5.75 Å². The molecule has 1 unspecified atom stereocenters. The Bertz CT molecular complexity index is 551. The predicted molar refractivity (Wildman–Crippen MR) is 98.7 cm³/mol. The van der Waals surface area contributed by atoms with Crippen molar-refractivity contribution in [2.75, 3.05) is 13.7 Å². The summed E-state index contributed by atoms with van der Waals surface area (Å²) in [7, 11) is 1.59. The van der Waals surface area contributed by atoms with E-state index in [4.69, 9.17) is 10.5 Å². The van der Waals surface area contributed by atoms with E-state index in [1.54, 1.807) is 31.4 Å². The SMILES string of the molecule is COc1ccc(C(=O)CCCC(=O)NC(CN)C2CCCCC2)cc1. The van der Waals surface area contributed by atoms with Gasteiger partial charge in [-0.2, -0.15) is 0 Å². The molecule has 2 rings (SSSR count). The van der Waals surface area contributed by atoms with Gasteiger partial charge in [-0.25, -0.2) is 0 Å². The number of ketones is 1. The zero-order chi connectivity index (χ0) is 18.1. The molecule has 1 aliphatic carbocycles. The fourth-order valence-electron chi connectivity index (χ4n) is 3.52. The van der Waals surface area contributed by atoms with Gasteiger partial charge in [-0.3, -0.25) is 9.59 Å². The van der Waals surface area contributed by atoms with Gasteiger partial charge in [-0.05, 0) is 49.4 Å². The van der Waals surface area contributed by atoms with Crippen LogP contribution in [0.25, 0.3) is 0 Å². The summed E-state index contributed by atoms with van der Waals surface area (Å²) >= 11 is 0. The molecule has 0 saturated heterocycles. The molecule has 3 N–H and O–H groups in total. The number of hydrogen-bond acceptors (Lipinski definition) is 4. The Kier molecular flexibility index (Phi) is 7.92. The molecule has 0 aromatic heterocycles. The number of ether oxygens (including phenoxy) is 1. The van der Waals surface area contributed by atoms with Crippen molar-refractivity contribution in [1.29, 1.82) is 0 Å². The Morgan fingerprint density at radius 1 is 1.16 bits per heavy atom. The summed E-state index contributed by atoms with van der Waals surface area (Å²) in [5.74, 6) is 1.29. The zero-order valence-corrected chi connectivity index (χ0v) is 15.1. The zero-order valence-electron chi connectivity index (χ0n) is 15.1. The predicted octanol–water partition coefficient (Wildman–Crippen LogP) is 3.07. The van der Waals surface area contributed by atoms with Crippen molar-refractivity contribution in [2.45, 2.75) is 57.4 Å². The molecule has 0 bridgehead atoms. The van der Waals surface area contributed by atoms with Gasteiger partial charge in [0.25, 0.3) is 0 Å². The summed E-state index contributed by atoms with van der Waals surface area (Å²) in [6, 6.07) is 7.14. The van der Waals surface area contributed by atoms with Gasteiger partial charge >= 0.3 is 0 Å². The molecule has 25 heavy (non-hydrogen) atoms. The highest BCUT2D eigenvalue weighted by molar-refractivity contribution is 5.96. The van der Waals surface area contributed by atoms with Crippen molar-refractivity contribution in [3.8, 4) is 5.75 Å². The van der Waals surface area contributed by atoms with E-state index >= 15 is 0 Å². The molecule has 1 aromatic carbocycles. The van der Waals surface area contributed by atoms with Gasteiger partial charge in [0.2, 0.25) is 5.91 Å². The van der Waals surface area contributed by atoms with E-state index in [2.05, 4.69) is 5.32 Å². The van der Waals surface area contributed by atoms with Crippen LogP contribution in [0.3, 0.4) is 0 Å². The van der Waals surface area contributed by atoms with Crippen LogP contribution in [0.15, 0.2) is 24.3 Å². The van der Waals surface area contributed by atoms with Crippen molar-refractivity contribution in [1.82, 2.24) is 5.32 Å². The monoisotopic (exact) mass is 346 g/mol. The second-order valence-electron chi connectivity index (χ2n) is 6.81. The topological polar surface area (TPSA) is 81.4 Å². The first kappa shape index (κ1) is 19.4. The number of methoxy groups -OCH3 is 1. The second-order valence-corrected chi connectivity index (χ2v) is 6.81. The quantitative estimate of drug-likeness (QED) is 0.673. The number of nitrogens with one attached hydrogen (secondary N) is 1. The van der Waals surface area contributed by atoms with E-state index in [1.807, 2.05) is 0 Å². The van der Waals surface area contributed by atoms with Crippen molar-refractivity contribution < 1.29 is 14.3 Å². The normalized spacial score (nSPS) is 16.2. The van der Waals surface area contributed by atoms with Crippen LogP contribution < -0.4 is 15.8 Å². The molecular formula is C20H30N2O3. The van der Waals surface area contributed by atoms with Gasteiger partial charge in [0, 0.05) is 31.0 Å². The molecule has 1 aromatic rings. The molecule has 5 nitrogen and oxygen atoms in total. The summed E-state index contributed by atoms with van der Waals surface area (Å²) in [4.78, 5) is 24.3. The summed E-state index contributed by atoms with van der Waals surface area (Å²) in [5, 5.41) is 3.07. The first-order valence-electron chi connectivity index (χ1n) is 9.30. The van der Waals surface area contributed by atoms with Crippen molar-refractivity contribution in [3.05, 3.63) is 29.8 Å². The van der Waals surface area contributed by atoms with E-state index in [0.717, 1.165) is 18.6 Å². The molecule has 1 amide bonds. The minimum absolute atomic E-state index is 0.00329. The number of carbonyl (C=O) groups excluding carboxylic acids is 2. The Balaban J connectivity index is 1.72. The van der Waals surface area contributed by atoms with Gasteiger partial charge in [-0.1, -0.05) is 19.3 Å². The third kappa shape index (κ3) is 6.16. The van der Waals surface area contributed by atoms with Crippen molar-refractivity contribution in [3.63, 3.8) is 0 Å². The van der Waals surface area contributed by atoms with Crippen LogP contribution in [0.4, 0.5) is 0 Å². The minimum Gasteiger partial charge on any atom is -0.497 e. The summed E-state index contributed by atoms with van der Waals surface area (Å²) in [6.45, 7) is 0.487. The number of carbonyl (C=O) groups is 2. The van der Waals surface area contributed by atoms with E-state index in [1.165, 1.54) is 19.3 Å². The van der Waals surface area contributed by atoms with E-state index in [9.17, 15) is 9.59 Å². The summed E-state index contributed by atoms with van der Waals surface area (Å²) in [6.07, 6.45) is 7.34. The van der Waals surface area contributed by atoms with Crippen LogP contribution >= 0.6 is 0 Å². The highest BCUT2D eigenvalue weighted by Gasteiger charge is 2.23. The van der Waals surface area contributed by atoms with Crippen LogP contribution in [0, 0.1) is 5.92 Å². The molecule has 0 aliphatic heterocycles.